The number of halogens is 2. The van der Waals surface area contributed by atoms with Crippen LogP contribution in [-0.4, -0.2) is 33.4 Å². The fraction of sp³-hybridized carbons (Fsp3) is 0.333. The van der Waals surface area contributed by atoms with Gasteiger partial charge in [0, 0.05) is 37.4 Å². The minimum atomic E-state index is -0.121. The first-order valence-electron chi connectivity index (χ1n) is 7.77. The first-order chi connectivity index (χ1) is 11.5. The van der Waals surface area contributed by atoms with E-state index in [1.165, 1.54) is 0 Å². The minimum absolute atomic E-state index is 0.0430. The first kappa shape index (κ1) is 17.4. The number of rotatable bonds is 5. The highest BCUT2D eigenvalue weighted by Gasteiger charge is 2.26. The predicted molar refractivity (Wildman–Crippen MR) is 98.3 cm³/mol. The fourth-order valence-corrected chi connectivity index (χ4v) is 2.87. The summed E-state index contributed by atoms with van der Waals surface area (Å²) in [6, 6.07) is 13.5. The van der Waals surface area contributed by atoms with Gasteiger partial charge in [0.1, 0.15) is 24.7 Å². The van der Waals surface area contributed by atoms with E-state index < -0.39 is 0 Å². The molecular weight excluding hydrogens is 347 g/mol. The van der Waals surface area contributed by atoms with Gasteiger partial charge in [0.25, 0.3) is 0 Å². The molecule has 1 heterocycles. The largest absolute Gasteiger partial charge is 0.489 e. The Bertz CT molecular complexity index is 692. The molecule has 1 fully saturated rings. The monoisotopic (exact) mass is 366 g/mol. The van der Waals surface area contributed by atoms with Crippen LogP contribution in [0.4, 0.5) is 5.69 Å². The first-order valence-corrected chi connectivity index (χ1v) is 8.52. The number of benzene rings is 2. The topological polar surface area (TPSA) is 33.7 Å². The zero-order valence-corrected chi connectivity index (χ0v) is 15.1. The molecule has 0 bridgehead atoms. The third-order valence-corrected chi connectivity index (χ3v) is 4.44. The van der Waals surface area contributed by atoms with Crippen LogP contribution in [0, 0.1) is 0 Å². The summed E-state index contributed by atoms with van der Waals surface area (Å²) in [5.41, 5.74) is 2.26. The normalized spacial score (nSPS) is 20.2. The number of anilines is 1. The number of ether oxygens (including phenoxy) is 2. The van der Waals surface area contributed by atoms with Crippen molar-refractivity contribution in [3.8, 4) is 5.75 Å². The van der Waals surface area contributed by atoms with Crippen LogP contribution in [0.2, 0.25) is 10.0 Å². The maximum Gasteiger partial charge on any atom is 0.139 e. The Morgan fingerprint density at radius 3 is 2.62 bits per heavy atom. The number of hydrogen-bond acceptors (Lipinski definition) is 4. The van der Waals surface area contributed by atoms with Crippen molar-refractivity contribution in [3.63, 3.8) is 0 Å². The summed E-state index contributed by atoms with van der Waals surface area (Å²) >= 11 is 12.1. The van der Waals surface area contributed by atoms with Gasteiger partial charge >= 0.3 is 0 Å². The molecule has 1 saturated heterocycles. The Hall–Kier alpha value is -1.46. The van der Waals surface area contributed by atoms with Gasteiger partial charge in [-0.3, -0.25) is 5.32 Å². The second-order valence-electron chi connectivity index (χ2n) is 5.92. The molecule has 2 atom stereocenters. The van der Waals surface area contributed by atoms with Crippen LogP contribution in [0.5, 0.6) is 5.75 Å². The molecule has 24 heavy (non-hydrogen) atoms. The highest BCUT2D eigenvalue weighted by molar-refractivity contribution is 6.34. The van der Waals surface area contributed by atoms with Crippen LogP contribution < -0.4 is 15.0 Å². The Labute approximate surface area is 152 Å². The van der Waals surface area contributed by atoms with E-state index in [-0.39, 0.29) is 12.3 Å². The van der Waals surface area contributed by atoms with Crippen molar-refractivity contribution in [1.29, 1.82) is 0 Å². The second-order valence-corrected chi connectivity index (χ2v) is 6.76. The second kappa shape index (κ2) is 7.62. The van der Waals surface area contributed by atoms with E-state index in [1.807, 2.05) is 14.1 Å². The molecule has 0 saturated carbocycles. The van der Waals surface area contributed by atoms with E-state index in [4.69, 9.17) is 32.7 Å². The van der Waals surface area contributed by atoms with E-state index in [2.05, 4.69) is 34.5 Å². The smallest absolute Gasteiger partial charge is 0.139 e. The van der Waals surface area contributed by atoms with Crippen LogP contribution >= 0.6 is 23.2 Å². The lowest BCUT2D eigenvalue weighted by atomic mass is 10.2. The van der Waals surface area contributed by atoms with Gasteiger partial charge in [-0.2, -0.15) is 0 Å². The summed E-state index contributed by atoms with van der Waals surface area (Å²) in [6.45, 7) is 1.14. The molecule has 1 aliphatic heterocycles. The summed E-state index contributed by atoms with van der Waals surface area (Å²) in [6.07, 6.45) is -0.164. The van der Waals surface area contributed by atoms with Crippen molar-refractivity contribution < 1.29 is 9.47 Å². The highest BCUT2D eigenvalue weighted by Crippen LogP contribution is 2.29. The Morgan fingerprint density at radius 1 is 1.17 bits per heavy atom. The molecule has 0 aromatic heterocycles. The van der Waals surface area contributed by atoms with Crippen molar-refractivity contribution >= 4 is 28.9 Å². The summed E-state index contributed by atoms with van der Waals surface area (Å²) in [7, 11) is 4.04. The van der Waals surface area contributed by atoms with E-state index >= 15 is 0 Å². The number of nitrogens with zero attached hydrogens (tertiary/aromatic N) is 1. The summed E-state index contributed by atoms with van der Waals surface area (Å²) in [4.78, 5) is 2.07. The molecule has 3 rings (SSSR count). The van der Waals surface area contributed by atoms with Gasteiger partial charge in [-0.1, -0.05) is 35.3 Å². The van der Waals surface area contributed by atoms with Crippen LogP contribution in [-0.2, 0) is 4.74 Å². The maximum absolute atomic E-state index is 6.10. The highest BCUT2D eigenvalue weighted by atomic mass is 35.5. The standard InChI is InChI=1S/C18H20Cl2N2O2/c1-22(2)14-6-3-12(4-7-14)18-21-10-15(24-18)11-23-17-9-13(19)5-8-16(17)20/h3-9,15,18,21H,10-11H2,1-2H3/t15-,18+/m0/s1. The van der Waals surface area contributed by atoms with E-state index in [0.717, 1.165) is 17.8 Å². The van der Waals surface area contributed by atoms with Gasteiger partial charge in [-0.25, -0.2) is 0 Å². The molecule has 1 N–H and O–H groups in total. The third-order valence-electron chi connectivity index (χ3n) is 3.89. The summed E-state index contributed by atoms with van der Waals surface area (Å²) in [5.74, 6) is 0.576. The van der Waals surface area contributed by atoms with Crippen LogP contribution in [0.15, 0.2) is 42.5 Å². The quantitative estimate of drug-likeness (QED) is 0.862. The van der Waals surface area contributed by atoms with Gasteiger partial charge in [0.05, 0.1) is 5.02 Å². The minimum Gasteiger partial charge on any atom is -0.489 e. The van der Waals surface area contributed by atoms with Crippen LogP contribution in [0.1, 0.15) is 11.8 Å². The Balaban J connectivity index is 1.56. The van der Waals surface area contributed by atoms with Crippen LogP contribution in [0.3, 0.4) is 0 Å². The van der Waals surface area contributed by atoms with E-state index in [9.17, 15) is 0 Å². The van der Waals surface area contributed by atoms with Gasteiger partial charge in [0.15, 0.2) is 0 Å². The molecule has 2 aromatic carbocycles. The van der Waals surface area contributed by atoms with Gasteiger partial charge < -0.3 is 14.4 Å². The Morgan fingerprint density at radius 2 is 1.92 bits per heavy atom. The van der Waals surface area contributed by atoms with Crippen molar-refractivity contribution in [1.82, 2.24) is 5.32 Å². The number of nitrogens with one attached hydrogen (secondary N) is 1. The van der Waals surface area contributed by atoms with Crippen molar-refractivity contribution in [3.05, 3.63) is 58.1 Å². The SMILES string of the molecule is CN(C)c1ccc([C@@H]2NC[C@@H](COc3cc(Cl)ccc3Cl)O2)cc1. The summed E-state index contributed by atoms with van der Waals surface area (Å²) < 4.78 is 11.8. The molecule has 0 unspecified atom stereocenters. The molecule has 1 aliphatic rings. The van der Waals surface area contributed by atoms with Crippen molar-refractivity contribution in [2.75, 3.05) is 32.1 Å². The molecular formula is C18H20Cl2N2O2. The summed E-state index contributed by atoms with van der Waals surface area (Å²) in [5, 5.41) is 4.50. The molecule has 0 spiro atoms. The van der Waals surface area contributed by atoms with Crippen LogP contribution in [0.25, 0.3) is 0 Å². The van der Waals surface area contributed by atoms with E-state index in [0.29, 0.717) is 22.4 Å². The lowest BCUT2D eigenvalue weighted by molar-refractivity contribution is 0.0159. The molecule has 0 radical (unpaired) electrons. The molecule has 2 aromatic rings. The fourth-order valence-electron chi connectivity index (χ4n) is 2.54. The zero-order chi connectivity index (χ0) is 17.1. The lowest BCUT2D eigenvalue weighted by Gasteiger charge is -2.16. The average molecular weight is 367 g/mol. The van der Waals surface area contributed by atoms with Gasteiger partial charge in [0.2, 0.25) is 0 Å². The molecule has 0 amide bonds. The van der Waals surface area contributed by atoms with E-state index in [1.54, 1.807) is 18.2 Å². The molecule has 0 aliphatic carbocycles. The lowest BCUT2D eigenvalue weighted by Crippen LogP contribution is -2.22. The molecule has 128 valence electrons. The molecule has 6 heteroatoms. The third kappa shape index (κ3) is 4.14. The number of hydrogen-bond donors (Lipinski definition) is 1. The zero-order valence-electron chi connectivity index (χ0n) is 13.6. The Kier molecular flexibility index (Phi) is 5.51. The average Bonchev–Trinajstić information content (AvgIpc) is 3.05. The molecule has 4 nitrogen and oxygen atoms in total. The van der Waals surface area contributed by atoms with Crippen molar-refractivity contribution in [2.45, 2.75) is 12.3 Å². The van der Waals surface area contributed by atoms with Crippen molar-refractivity contribution in [2.24, 2.45) is 0 Å². The maximum atomic E-state index is 6.10. The van der Waals surface area contributed by atoms with Gasteiger partial charge in [-0.05, 0) is 29.8 Å². The van der Waals surface area contributed by atoms with Gasteiger partial charge in [-0.15, -0.1) is 0 Å². The predicted octanol–water partition coefficient (Wildman–Crippen LogP) is 4.13.